The first kappa shape index (κ1) is 12.6. The molecule has 0 atom stereocenters. The molecule has 0 spiro atoms. The molecule has 1 aliphatic rings. The molecule has 2 N–H and O–H groups in total. The maximum absolute atomic E-state index is 10.7. The number of hydrogen-bond acceptors (Lipinski definition) is 5. The van der Waals surface area contributed by atoms with Crippen LogP contribution in [0.15, 0.2) is 24.7 Å². The Hall–Kier alpha value is -2.44. The Morgan fingerprint density at radius 1 is 1.30 bits per heavy atom. The van der Waals surface area contributed by atoms with E-state index in [9.17, 15) is 4.79 Å². The van der Waals surface area contributed by atoms with Crippen molar-refractivity contribution in [3.8, 4) is 0 Å². The predicted octanol–water partition coefficient (Wildman–Crippen LogP) is 1.28. The monoisotopic (exact) mass is 273 g/mol. The maximum Gasteiger partial charge on any atom is 0.356 e. The molecule has 0 unspecified atom stereocenters. The fourth-order valence-corrected chi connectivity index (χ4v) is 2.51. The lowest BCUT2D eigenvalue weighted by atomic mass is 9.94. The van der Waals surface area contributed by atoms with E-state index in [1.807, 2.05) is 6.07 Å². The number of carbonyl (C=O) groups is 1. The number of nitrogens with one attached hydrogen (secondary N) is 1. The molecule has 0 radical (unpaired) electrons. The van der Waals surface area contributed by atoms with Crippen molar-refractivity contribution < 1.29 is 9.90 Å². The lowest BCUT2D eigenvalue weighted by Gasteiger charge is -2.32. The number of aromatic nitrogens is 4. The van der Waals surface area contributed by atoms with Crippen LogP contribution in [0.25, 0.3) is 0 Å². The van der Waals surface area contributed by atoms with E-state index in [2.05, 4.69) is 25.1 Å². The summed E-state index contributed by atoms with van der Waals surface area (Å²) in [5.74, 6) is 0.181. The summed E-state index contributed by atoms with van der Waals surface area (Å²) in [5, 5.41) is 15.8. The average molecular weight is 273 g/mol. The molecule has 0 amide bonds. The molecule has 0 bridgehead atoms. The Morgan fingerprint density at radius 2 is 2.10 bits per heavy atom. The zero-order valence-corrected chi connectivity index (χ0v) is 10.9. The molecule has 104 valence electrons. The minimum absolute atomic E-state index is 0.0268. The Kier molecular flexibility index (Phi) is 3.32. The predicted molar refractivity (Wildman–Crippen MR) is 71.8 cm³/mol. The molecule has 3 heterocycles. The number of aromatic amines is 1. The maximum atomic E-state index is 10.7. The highest BCUT2D eigenvalue weighted by Gasteiger charge is 2.22. The molecule has 3 rings (SSSR count). The van der Waals surface area contributed by atoms with Gasteiger partial charge in [-0.1, -0.05) is 0 Å². The van der Waals surface area contributed by atoms with Gasteiger partial charge in [-0.3, -0.25) is 5.10 Å². The topological polar surface area (TPSA) is 95.0 Å². The number of piperidine rings is 1. The zero-order chi connectivity index (χ0) is 13.9. The highest BCUT2D eigenvalue weighted by molar-refractivity contribution is 5.84. The normalized spacial score (nSPS) is 16.3. The van der Waals surface area contributed by atoms with Crippen molar-refractivity contribution >= 4 is 11.8 Å². The number of carboxylic acids is 1. The second-order valence-electron chi connectivity index (χ2n) is 4.84. The van der Waals surface area contributed by atoms with E-state index in [0.29, 0.717) is 5.92 Å². The van der Waals surface area contributed by atoms with Gasteiger partial charge in [0.05, 0.1) is 12.4 Å². The first-order chi connectivity index (χ1) is 9.74. The van der Waals surface area contributed by atoms with Crippen molar-refractivity contribution in [2.75, 3.05) is 18.0 Å². The van der Waals surface area contributed by atoms with Crippen LogP contribution in [0.4, 0.5) is 5.82 Å². The molecule has 20 heavy (non-hydrogen) atoms. The van der Waals surface area contributed by atoms with Gasteiger partial charge in [0, 0.05) is 30.9 Å². The van der Waals surface area contributed by atoms with Gasteiger partial charge in [0.2, 0.25) is 0 Å². The van der Waals surface area contributed by atoms with Gasteiger partial charge in [0.1, 0.15) is 5.82 Å². The Morgan fingerprint density at radius 3 is 2.65 bits per heavy atom. The van der Waals surface area contributed by atoms with E-state index in [1.54, 1.807) is 6.20 Å². The van der Waals surface area contributed by atoms with Crippen LogP contribution in [-0.2, 0) is 0 Å². The van der Waals surface area contributed by atoms with Crippen molar-refractivity contribution in [3.05, 3.63) is 36.0 Å². The van der Waals surface area contributed by atoms with Crippen LogP contribution in [0.2, 0.25) is 0 Å². The summed E-state index contributed by atoms with van der Waals surface area (Å²) in [6.07, 6.45) is 6.64. The van der Waals surface area contributed by atoms with Gasteiger partial charge >= 0.3 is 5.97 Å². The number of aromatic carboxylic acids is 1. The molecule has 1 aliphatic heterocycles. The first-order valence-corrected chi connectivity index (χ1v) is 6.53. The van der Waals surface area contributed by atoms with Gasteiger partial charge in [0.15, 0.2) is 5.69 Å². The standard InChI is InChI=1S/C13H15N5O2/c19-13(20)11-7-15-12(8-14-11)18-5-2-9(3-6-18)10-1-4-16-17-10/h1,4,7-9H,2-3,5-6H2,(H,16,17)(H,19,20). The van der Waals surface area contributed by atoms with E-state index < -0.39 is 5.97 Å². The van der Waals surface area contributed by atoms with Crippen LogP contribution in [0.3, 0.4) is 0 Å². The third-order valence-corrected chi connectivity index (χ3v) is 3.64. The minimum atomic E-state index is -1.05. The first-order valence-electron chi connectivity index (χ1n) is 6.53. The smallest absolute Gasteiger partial charge is 0.356 e. The van der Waals surface area contributed by atoms with Gasteiger partial charge in [0.25, 0.3) is 0 Å². The third kappa shape index (κ3) is 2.47. The second kappa shape index (κ2) is 5.28. The summed E-state index contributed by atoms with van der Waals surface area (Å²) in [6, 6.07) is 2.02. The number of anilines is 1. The summed E-state index contributed by atoms with van der Waals surface area (Å²) < 4.78 is 0. The van der Waals surface area contributed by atoms with Gasteiger partial charge in [-0.05, 0) is 18.9 Å². The van der Waals surface area contributed by atoms with Crippen LogP contribution in [0, 0.1) is 0 Å². The molecule has 1 fully saturated rings. The number of hydrogen-bond donors (Lipinski definition) is 2. The minimum Gasteiger partial charge on any atom is -0.476 e. The van der Waals surface area contributed by atoms with Crippen LogP contribution in [0.1, 0.15) is 34.9 Å². The van der Waals surface area contributed by atoms with Gasteiger partial charge < -0.3 is 10.0 Å². The molecule has 2 aromatic rings. The molecule has 0 saturated carbocycles. The second-order valence-corrected chi connectivity index (χ2v) is 4.84. The lowest BCUT2D eigenvalue weighted by molar-refractivity contribution is 0.0690. The molecule has 1 saturated heterocycles. The highest BCUT2D eigenvalue weighted by atomic mass is 16.4. The fraction of sp³-hybridized carbons (Fsp3) is 0.385. The van der Waals surface area contributed by atoms with E-state index in [0.717, 1.165) is 31.7 Å². The zero-order valence-electron chi connectivity index (χ0n) is 10.9. The van der Waals surface area contributed by atoms with E-state index in [-0.39, 0.29) is 5.69 Å². The third-order valence-electron chi connectivity index (χ3n) is 3.64. The van der Waals surface area contributed by atoms with Gasteiger partial charge in [-0.2, -0.15) is 5.10 Å². The number of nitrogens with zero attached hydrogens (tertiary/aromatic N) is 4. The van der Waals surface area contributed by atoms with Crippen molar-refractivity contribution in [3.63, 3.8) is 0 Å². The molecule has 2 aromatic heterocycles. The fourth-order valence-electron chi connectivity index (χ4n) is 2.51. The quantitative estimate of drug-likeness (QED) is 0.874. The van der Waals surface area contributed by atoms with Crippen LogP contribution < -0.4 is 4.90 Å². The molecule has 0 aromatic carbocycles. The molecular formula is C13H15N5O2. The summed E-state index contributed by atoms with van der Waals surface area (Å²) in [5.41, 5.74) is 1.15. The largest absolute Gasteiger partial charge is 0.476 e. The Bertz CT molecular complexity index is 573. The van der Waals surface area contributed by atoms with Gasteiger partial charge in [-0.15, -0.1) is 0 Å². The van der Waals surface area contributed by atoms with Crippen molar-refractivity contribution in [2.45, 2.75) is 18.8 Å². The number of rotatable bonds is 3. The Balaban J connectivity index is 1.64. The molecule has 0 aliphatic carbocycles. The van der Waals surface area contributed by atoms with E-state index in [4.69, 9.17) is 5.11 Å². The van der Waals surface area contributed by atoms with Crippen molar-refractivity contribution in [2.24, 2.45) is 0 Å². The van der Waals surface area contributed by atoms with Crippen molar-refractivity contribution in [1.29, 1.82) is 0 Å². The van der Waals surface area contributed by atoms with Crippen LogP contribution >= 0.6 is 0 Å². The van der Waals surface area contributed by atoms with Crippen molar-refractivity contribution in [1.82, 2.24) is 20.2 Å². The average Bonchev–Trinajstić information content (AvgIpc) is 3.02. The van der Waals surface area contributed by atoms with Gasteiger partial charge in [-0.25, -0.2) is 14.8 Å². The van der Waals surface area contributed by atoms with Crippen LogP contribution in [0.5, 0.6) is 0 Å². The number of H-pyrrole nitrogens is 1. The highest BCUT2D eigenvalue weighted by Crippen LogP contribution is 2.28. The summed E-state index contributed by atoms with van der Waals surface area (Å²) in [7, 11) is 0. The molecule has 7 heteroatoms. The molecular weight excluding hydrogens is 258 g/mol. The summed E-state index contributed by atoms with van der Waals surface area (Å²) in [4.78, 5) is 20.9. The summed E-state index contributed by atoms with van der Waals surface area (Å²) in [6.45, 7) is 1.76. The Labute approximate surface area is 115 Å². The van der Waals surface area contributed by atoms with Crippen LogP contribution in [-0.4, -0.2) is 44.3 Å². The van der Waals surface area contributed by atoms with E-state index >= 15 is 0 Å². The SMILES string of the molecule is O=C(O)c1cnc(N2CCC(c3ccn[nH]3)CC2)cn1. The summed E-state index contributed by atoms with van der Waals surface area (Å²) >= 11 is 0. The molecule has 7 nitrogen and oxygen atoms in total. The lowest BCUT2D eigenvalue weighted by Crippen LogP contribution is -2.33. The number of carboxylic acid groups (broad SMARTS) is 1. The van der Waals surface area contributed by atoms with E-state index in [1.165, 1.54) is 18.1 Å².